The van der Waals surface area contributed by atoms with E-state index < -0.39 is 11.8 Å². The number of rotatable bonds is 6. The van der Waals surface area contributed by atoms with Gasteiger partial charge in [0.15, 0.2) is 0 Å². The monoisotopic (exact) mass is 327 g/mol. The van der Waals surface area contributed by atoms with Gasteiger partial charge in [0.25, 0.3) is 0 Å². The second-order valence-electron chi connectivity index (χ2n) is 5.05. The molecule has 2 N–H and O–H groups in total. The fourth-order valence-corrected chi connectivity index (χ4v) is 2.21. The van der Waals surface area contributed by atoms with Crippen LogP contribution < -0.4 is 15.4 Å². The number of amides is 2. The molecule has 0 saturated carbocycles. The molecule has 0 spiro atoms. The summed E-state index contributed by atoms with van der Waals surface area (Å²) in [6, 6.07) is 10.9. The Bertz CT molecular complexity index is 716. The van der Waals surface area contributed by atoms with E-state index in [9.17, 15) is 9.59 Å². The molecule has 0 unspecified atom stereocenters. The summed E-state index contributed by atoms with van der Waals surface area (Å²) in [6.45, 7) is 4.50. The fourth-order valence-electron chi connectivity index (χ4n) is 2.21. The maximum atomic E-state index is 12.0. The summed E-state index contributed by atoms with van der Waals surface area (Å²) in [7, 11) is 0. The molecule has 2 rings (SSSR count). The average Bonchev–Trinajstić information content (AvgIpc) is 2.61. The highest BCUT2D eigenvalue weighted by Crippen LogP contribution is 2.16. The Morgan fingerprint density at radius 2 is 1.79 bits per heavy atom. The third-order valence-electron chi connectivity index (χ3n) is 3.42. The number of ether oxygens (including phenoxy) is 1. The van der Waals surface area contributed by atoms with Crippen molar-refractivity contribution in [1.29, 1.82) is 0 Å². The van der Waals surface area contributed by atoms with Gasteiger partial charge < -0.3 is 15.4 Å². The molecule has 1 heterocycles. The molecule has 0 atom stereocenters. The molecule has 0 aliphatic carbocycles. The molecule has 6 nitrogen and oxygen atoms in total. The van der Waals surface area contributed by atoms with Crippen LogP contribution in [-0.2, 0) is 22.6 Å². The van der Waals surface area contributed by atoms with Crippen molar-refractivity contribution in [2.75, 3.05) is 11.9 Å². The first-order valence-electron chi connectivity index (χ1n) is 7.89. The fraction of sp³-hybridized carbons (Fsp3) is 0.278. The Kier molecular flexibility index (Phi) is 6.31. The van der Waals surface area contributed by atoms with Gasteiger partial charge in [-0.1, -0.05) is 31.2 Å². The highest BCUT2D eigenvalue weighted by Gasteiger charge is 2.15. The predicted octanol–water partition coefficient (Wildman–Crippen LogP) is 2.30. The number of nitrogens with zero attached hydrogens (tertiary/aromatic N) is 1. The van der Waals surface area contributed by atoms with Gasteiger partial charge in [-0.3, -0.25) is 9.59 Å². The van der Waals surface area contributed by atoms with E-state index in [2.05, 4.69) is 15.6 Å². The van der Waals surface area contributed by atoms with Gasteiger partial charge in [-0.05, 0) is 31.0 Å². The largest absolute Gasteiger partial charge is 0.478 e. The minimum atomic E-state index is -0.702. The maximum Gasteiger partial charge on any atom is 0.313 e. The molecule has 0 saturated heterocycles. The van der Waals surface area contributed by atoms with Crippen molar-refractivity contribution in [2.45, 2.75) is 26.8 Å². The second-order valence-corrected chi connectivity index (χ2v) is 5.05. The molecular weight excluding hydrogens is 306 g/mol. The Hall–Kier alpha value is -2.89. The Balaban J connectivity index is 1.96. The van der Waals surface area contributed by atoms with E-state index in [-0.39, 0.29) is 6.54 Å². The van der Waals surface area contributed by atoms with E-state index in [1.54, 1.807) is 24.4 Å². The normalized spacial score (nSPS) is 10.1. The number of carbonyl (C=O) groups excluding carboxylic acids is 2. The summed E-state index contributed by atoms with van der Waals surface area (Å²) in [4.78, 5) is 28.2. The molecule has 2 amide bonds. The summed E-state index contributed by atoms with van der Waals surface area (Å²) >= 11 is 0. The topological polar surface area (TPSA) is 80.3 Å². The minimum absolute atomic E-state index is 0.171. The summed E-state index contributed by atoms with van der Waals surface area (Å²) in [6.07, 6.45) is 2.39. The van der Waals surface area contributed by atoms with Crippen LogP contribution in [0.25, 0.3) is 0 Å². The molecule has 0 radical (unpaired) electrons. The lowest BCUT2D eigenvalue weighted by Crippen LogP contribution is -2.35. The van der Waals surface area contributed by atoms with E-state index in [1.807, 2.05) is 32.0 Å². The van der Waals surface area contributed by atoms with E-state index in [4.69, 9.17) is 4.74 Å². The van der Waals surface area contributed by atoms with Crippen molar-refractivity contribution < 1.29 is 14.3 Å². The zero-order chi connectivity index (χ0) is 17.4. The number of para-hydroxylation sites is 1. The third-order valence-corrected chi connectivity index (χ3v) is 3.42. The van der Waals surface area contributed by atoms with E-state index in [1.165, 1.54) is 0 Å². The molecule has 24 heavy (non-hydrogen) atoms. The molecule has 1 aromatic carbocycles. The minimum Gasteiger partial charge on any atom is -0.478 e. The molecule has 0 aliphatic heterocycles. The van der Waals surface area contributed by atoms with Gasteiger partial charge >= 0.3 is 11.8 Å². The second kappa shape index (κ2) is 8.67. The van der Waals surface area contributed by atoms with Gasteiger partial charge in [-0.25, -0.2) is 4.98 Å². The van der Waals surface area contributed by atoms with Crippen molar-refractivity contribution in [3.63, 3.8) is 0 Å². The first-order valence-corrected chi connectivity index (χ1v) is 7.89. The third kappa shape index (κ3) is 4.55. The van der Waals surface area contributed by atoms with Crippen molar-refractivity contribution >= 4 is 17.5 Å². The van der Waals surface area contributed by atoms with Crippen LogP contribution >= 0.6 is 0 Å². The van der Waals surface area contributed by atoms with Crippen molar-refractivity contribution in [3.8, 4) is 5.88 Å². The number of anilines is 1. The standard InChI is InChI=1S/C18H21N3O3/c1-3-13-8-5-6-10-15(13)21-17(23)16(22)20-12-14-9-7-11-19-18(14)24-4-2/h5-11H,3-4,12H2,1-2H3,(H,20,22)(H,21,23). The van der Waals surface area contributed by atoms with Crippen molar-refractivity contribution in [1.82, 2.24) is 10.3 Å². The average molecular weight is 327 g/mol. The quantitative estimate of drug-likeness (QED) is 0.798. The lowest BCUT2D eigenvalue weighted by atomic mass is 10.1. The lowest BCUT2D eigenvalue weighted by molar-refractivity contribution is -0.136. The van der Waals surface area contributed by atoms with Crippen LogP contribution in [0.1, 0.15) is 25.0 Å². The number of benzene rings is 1. The van der Waals surface area contributed by atoms with Crippen LogP contribution in [0.4, 0.5) is 5.69 Å². The molecule has 0 aliphatic rings. The van der Waals surface area contributed by atoms with Crippen LogP contribution in [0.15, 0.2) is 42.6 Å². The van der Waals surface area contributed by atoms with Gasteiger partial charge in [0.1, 0.15) is 0 Å². The van der Waals surface area contributed by atoms with Crippen molar-refractivity contribution in [3.05, 3.63) is 53.7 Å². The number of hydrogen-bond acceptors (Lipinski definition) is 4. The SMILES string of the molecule is CCOc1ncccc1CNC(=O)C(=O)Nc1ccccc1CC. The molecule has 0 bridgehead atoms. The zero-order valence-corrected chi connectivity index (χ0v) is 13.8. The Labute approximate surface area is 141 Å². The van der Waals surface area contributed by atoms with Crippen LogP contribution in [0, 0.1) is 0 Å². The molecule has 2 aromatic rings. The van der Waals surface area contributed by atoms with Crippen LogP contribution in [0.5, 0.6) is 5.88 Å². The van der Waals surface area contributed by atoms with E-state index in [0.717, 1.165) is 17.5 Å². The van der Waals surface area contributed by atoms with Gasteiger partial charge in [0.05, 0.1) is 6.61 Å². The maximum absolute atomic E-state index is 12.0. The van der Waals surface area contributed by atoms with Crippen molar-refractivity contribution in [2.24, 2.45) is 0 Å². The van der Waals surface area contributed by atoms with Crippen LogP contribution in [0.2, 0.25) is 0 Å². The summed E-state index contributed by atoms with van der Waals surface area (Å²) in [5, 5.41) is 5.22. The summed E-state index contributed by atoms with van der Waals surface area (Å²) in [5.41, 5.74) is 2.34. The predicted molar refractivity (Wildman–Crippen MR) is 91.7 cm³/mol. The summed E-state index contributed by atoms with van der Waals surface area (Å²) < 4.78 is 5.39. The smallest absolute Gasteiger partial charge is 0.313 e. The first kappa shape index (κ1) is 17.5. The van der Waals surface area contributed by atoms with Gasteiger partial charge in [0, 0.05) is 24.0 Å². The Morgan fingerprint density at radius 3 is 2.54 bits per heavy atom. The number of nitrogens with one attached hydrogen (secondary N) is 2. The molecule has 6 heteroatoms. The molecule has 1 aromatic heterocycles. The lowest BCUT2D eigenvalue weighted by Gasteiger charge is -2.11. The molecular formula is C18H21N3O3. The number of carbonyl (C=O) groups is 2. The highest BCUT2D eigenvalue weighted by atomic mass is 16.5. The number of aromatic nitrogens is 1. The molecule has 0 fully saturated rings. The van der Waals surface area contributed by atoms with E-state index in [0.29, 0.717) is 18.2 Å². The van der Waals surface area contributed by atoms with Crippen LogP contribution in [0.3, 0.4) is 0 Å². The number of hydrogen-bond donors (Lipinski definition) is 2. The van der Waals surface area contributed by atoms with Gasteiger partial charge in [0.2, 0.25) is 5.88 Å². The van der Waals surface area contributed by atoms with Crippen LogP contribution in [-0.4, -0.2) is 23.4 Å². The van der Waals surface area contributed by atoms with E-state index >= 15 is 0 Å². The highest BCUT2D eigenvalue weighted by molar-refractivity contribution is 6.39. The number of aryl methyl sites for hydroxylation is 1. The van der Waals surface area contributed by atoms with Gasteiger partial charge in [-0.15, -0.1) is 0 Å². The Morgan fingerprint density at radius 1 is 1.04 bits per heavy atom. The first-order chi connectivity index (χ1) is 11.7. The molecule has 126 valence electrons. The zero-order valence-electron chi connectivity index (χ0n) is 13.8. The summed E-state index contributed by atoms with van der Waals surface area (Å²) in [5.74, 6) is -0.943. The van der Waals surface area contributed by atoms with Gasteiger partial charge in [-0.2, -0.15) is 0 Å². The number of pyridine rings is 1.